The third-order valence-electron chi connectivity index (χ3n) is 2.73. The van der Waals surface area contributed by atoms with Gasteiger partial charge >= 0.3 is 0 Å². The van der Waals surface area contributed by atoms with Gasteiger partial charge in [-0.25, -0.2) is 0 Å². The lowest BCUT2D eigenvalue weighted by molar-refractivity contribution is -0.0224. The molecule has 1 rings (SSSR count). The van der Waals surface area contributed by atoms with E-state index in [1.54, 1.807) is 12.4 Å². The summed E-state index contributed by atoms with van der Waals surface area (Å²) in [4.78, 5) is 4.01. The molecule has 4 nitrogen and oxygen atoms in total. The maximum atomic E-state index is 6.11. The SMILES string of the molecule is CCC(N)C(OCCOC(C)C)c1ccncc1. The molecule has 0 aliphatic heterocycles. The molecule has 0 spiro atoms. The Balaban J connectivity index is 2.52. The molecule has 1 heterocycles. The van der Waals surface area contributed by atoms with Crippen molar-refractivity contribution in [1.29, 1.82) is 0 Å². The van der Waals surface area contributed by atoms with Crippen LogP contribution < -0.4 is 5.73 Å². The van der Waals surface area contributed by atoms with Gasteiger partial charge in [0.05, 0.1) is 25.4 Å². The molecule has 102 valence electrons. The Morgan fingerprint density at radius 2 is 1.78 bits per heavy atom. The highest BCUT2D eigenvalue weighted by atomic mass is 16.5. The Labute approximate surface area is 110 Å². The van der Waals surface area contributed by atoms with E-state index in [1.807, 2.05) is 26.0 Å². The van der Waals surface area contributed by atoms with Crippen molar-refractivity contribution in [2.45, 2.75) is 45.4 Å². The number of pyridine rings is 1. The van der Waals surface area contributed by atoms with Crippen molar-refractivity contribution in [3.05, 3.63) is 30.1 Å². The Morgan fingerprint density at radius 1 is 1.17 bits per heavy atom. The van der Waals surface area contributed by atoms with Gasteiger partial charge in [-0.05, 0) is 38.0 Å². The summed E-state index contributed by atoms with van der Waals surface area (Å²) in [6.45, 7) is 7.23. The number of aromatic nitrogens is 1. The molecule has 18 heavy (non-hydrogen) atoms. The van der Waals surface area contributed by atoms with Gasteiger partial charge in [0.2, 0.25) is 0 Å². The second-order valence-electron chi connectivity index (χ2n) is 4.56. The molecule has 2 atom stereocenters. The van der Waals surface area contributed by atoms with Crippen LogP contribution >= 0.6 is 0 Å². The normalized spacial score (nSPS) is 14.7. The van der Waals surface area contributed by atoms with Crippen molar-refractivity contribution >= 4 is 0 Å². The minimum Gasteiger partial charge on any atom is -0.376 e. The summed E-state index contributed by atoms with van der Waals surface area (Å²) in [5.74, 6) is 0. The number of nitrogens with zero attached hydrogens (tertiary/aromatic N) is 1. The lowest BCUT2D eigenvalue weighted by Crippen LogP contribution is -2.30. The standard InChI is InChI=1S/C14H24N2O2/c1-4-13(15)14(12-5-7-16-8-6-12)18-10-9-17-11(2)3/h5-8,11,13-14H,4,9-10,15H2,1-3H3. The fourth-order valence-electron chi connectivity index (χ4n) is 1.69. The van der Waals surface area contributed by atoms with E-state index in [4.69, 9.17) is 15.2 Å². The molecule has 0 amide bonds. The van der Waals surface area contributed by atoms with E-state index in [2.05, 4.69) is 11.9 Å². The molecule has 0 bridgehead atoms. The fourth-order valence-corrected chi connectivity index (χ4v) is 1.69. The molecule has 0 fully saturated rings. The van der Waals surface area contributed by atoms with Gasteiger partial charge in [-0.1, -0.05) is 6.92 Å². The summed E-state index contributed by atoms with van der Waals surface area (Å²) >= 11 is 0. The molecule has 0 saturated carbocycles. The Bertz CT molecular complexity index is 317. The van der Waals surface area contributed by atoms with Crippen LogP contribution in [0.5, 0.6) is 0 Å². The van der Waals surface area contributed by atoms with Crippen LogP contribution in [0.1, 0.15) is 38.9 Å². The smallest absolute Gasteiger partial charge is 0.0977 e. The molecule has 2 N–H and O–H groups in total. The zero-order valence-electron chi connectivity index (χ0n) is 11.5. The predicted molar refractivity (Wildman–Crippen MR) is 72.3 cm³/mol. The second kappa shape index (κ2) is 8.19. The van der Waals surface area contributed by atoms with E-state index in [9.17, 15) is 0 Å². The molecule has 0 aliphatic carbocycles. The highest BCUT2D eigenvalue weighted by Gasteiger charge is 2.18. The number of hydrogen-bond donors (Lipinski definition) is 1. The summed E-state index contributed by atoms with van der Waals surface area (Å²) in [7, 11) is 0. The van der Waals surface area contributed by atoms with Crippen molar-refractivity contribution in [3.8, 4) is 0 Å². The molecule has 0 radical (unpaired) electrons. The van der Waals surface area contributed by atoms with E-state index in [1.165, 1.54) is 0 Å². The van der Waals surface area contributed by atoms with Gasteiger partial charge < -0.3 is 15.2 Å². The van der Waals surface area contributed by atoms with E-state index in [-0.39, 0.29) is 18.2 Å². The summed E-state index contributed by atoms with van der Waals surface area (Å²) in [5.41, 5.74) is 7.18. The third kappa shape index (κ3) is 5.12. The van der Waals surface area contributed by atoms with E-state index in [0.29, 0.717) is 13.2 Å². The van der Waals surface area contributed by atoms with Crippen LogP contribution in [0.4, 0.5) is 0 Å². The van der Waals surface area contributed by atoms with Crippen LogP contribution in [0.3, 0.4) is 0 Å². The number of nitrogens with two attached hydrogens (primary N) is 1. The third-order valence-corrected chi connectivity index (χ3v) is 2.73. The van der Waals surface area contributed by atoms with Crippen LogP contribution in [0.2, 0.25) is 0 Å². The fraction of sp³-hybridized carbons (Fsp3) is 0.643. The summed E-state index contributed by atoms with van der Waals surface area (Å²) in [6, 6.07) is 3.89. The van der Waals surface area contributed by atoms with Gasteiger partial charge in [0.1, 0.15) is 0 Å². The van der Waals surface area contributed by atoms with Crippen LogP contribution in [0.25, 0.3) is 0 Å². The summed E-state index contributed by atoms with van der Waals surface area (Å²) < 4.78 is 11.3. The van der Waals surface area contributed by atoms with Crippen LogP contribution in [0, 0.1) is 0 Å². The molecule has 0 aliphatic rings. The van der Waals surface area contributed by atoms with Crippen LogP contribution in [-0.4, -0.2) is 30.3 Å². The molecular formula is C14H24N2O2. The summed E-state index contributed by atoms with van der Waals surface area (Å²) in [6.07, 6.45) is 4.54. The molecule has 2 unspecified atom stereocenters. The van der Waals surface area contributed by atoms with E-state index >= 15 is 0 Å². The second-order valence-corrected chi connectivity index (χ2v) is 4.56. The van der Waals surface area contributed by atoms with Gasteiger partial charge in [-0.3, -0.25) is 4.98 Å². The van der Waals surface area contributed by atoms with Crippen molar-refractivity contribution in [1.82, 2.24) is 4.98 Å². The Kier molecular flexibility index (Phi) is 6.86. The zero-order chi connectivity index (χ0) is 13.4. The van der Waals surface area contributed by atoms with Crippen molar-refractivity contribution < 1.29 is 9.47 Å². The molecule has 1 aromatic rings. The monoisotopic (exact) mass is 252 g/mol. The lowest BCUT2D eigenvalue weighted by Gasteiger charge is -2.24. The van der Waals surface area contributed by atoms with Crippen molar-refractivity contribution in [3.63, 3.8) is 0 Å². The largest absolute Gasteiger partial charge is 0.376 e. The van der Waals surface area contributed by atoms with Crippen LogP contribution in [-0.2, 0) is 9.47 Å². The average molecular weight is 252 g/mol. The molecule has 1 aromatic heterocycles. The first-order chi connectivity index (χ1) is 8.65. The topological polar surface area (TPSA) is 57.4 Å². The van der Waals surface area contributed by atoms with Crippen molar-refractivity contribution in [2.75, 3.05) is 13.2 Å². The molecular weight excluding hydrogens is 228 g/mol. The van der Waals surface area contributed by atoms with Crippen LogP contribution in [0.15, 0.2) is 24.5 Å². The highest BCUT2D eigenvalue weighted by Crippen LogP contribution is 2.21. The molecule has 0 aromatic carbocycles. The quantitative estimate of drug-likeness (QED) is 0.721. The zero-order valence-corrected chi connectivity index (χ0v) is 11.5. The number of hydrogen-bond acceptors (Lipinski definition) is 4. The average Bonchev–Trinajstić information content (AvgIpc) is 2.38. The minimum absolute atomic E-state index is 0.00792. The first-order valence-corrected chi connectivity index (χ1v) is 6.53. The predicted octanol–water partition coefficient (Wildman–Crippen LogP) is 2.30. The van der Waals surface area contributed by atoms with Gasteiger partial charge in [-0.2, -0.15) is 0 Å². The van der Waals surface area contributed by atoms with E-state index in [0.717, 1.165) is 12.0 Å². The maximum Gasteiger partial charge on any atom is 0.0977 e. The Hall–Kier alpha value is -0.970. The van der Waals surface area contributed by atoms with Crippen molar-refractivity contribution in [2.24, 2.45) is 5.73 Å². The highest BCUT2D eigenvalue weighted by molar-refractivity contribution is 5.15. The molecule has 4 heteroatoms. The van der Waals surface area contributed by atoms with Gasteiger partial charge in [0.15, 0.2) is 0 Å². The maximum absolute atomic E-state index is 6.11. The van der Waals surface area contributed by atoms with Gasteiger partial charge in [0.25, 0.3) is 0 Å². The van der Waals surface area contributed by atoms with Gasteiger partial charge in [0, 0.05) is 18.4 Å². The van der Waals surface area contributed by atoms with E-state index < -0.39 is 0 Å². The Morgan fingerprint density at radius 3 is 2.33 bits per heavy atom. The number of rotatable bonds is 8. The minimum atomic E-state index is -0.0891. The first-order valence-electron chi connectivity index (χ1n) is 6.53. The molecule has 0 saturated heterocycles. The van der Waals surface area contributed by atoms with Gasteiger partial charge in [-0.15, -0.1) is 0 Å². The number of ether oxygens (including phenoxy) is 2. The lowest BCUT2D eigenvalue weighted by atomic mass is 10.0. The summed E-state index contributed by atoms with van der Waals surface area (Å²) in [5, 5.41) is 0. The first kappa shape index (κ1) is 15.1.